The van der Waals surface area contributed by atoms with Gasteiger partial charge in [-0.15, -0.1) is 0 Å². The number of rotatable bonds is 2. The lowest BCUT2D eigenvalue weighted by molar-refractivity contribution is -0.113. The van der Waals surface area contributed by atoms with Crippen LogP contribution in [0.3, 0.4) is 0 Å². The standard InChI is InChI=1S/C6H6N2O.C3H5NO/c7-6(9)5-2-1-3-8-4-5;1-2-3(4)5/h1-4H,(H2,7,9);2H,1H2,(H2,4,5). The van der Waals surface area contributed by atoms with E-state index in [0.717, 1.165) is 6.08 Å². The van der Waals surface area contributed by atoms with E-state index < -0.39 is 11.8 Å². The molecule has 0 aromatic carbocycles. The van der Waals surface area contributed by atoms with Gasteiger partial charge >= 0.3 is 0 Å². The predicted molar refractivity (Wildman–Crippen MR) is 52.1 cm³/mol. The molecule has 0 aliphatic rings. The highest BCUT2D eigenvalue weighted by atomic mass is 16.1. The van der Waals surface area contributed by atoms with Gasteiger partial charge in [0.15, 0.2) is 0 Å². The SMILES string of the molecule is C=CC(N)=O.NC(=O)c1cccnc1. The number of pyridine rings is 1. The van der Waals surface area contributed by atoms with Gasteiger partial charge in [-0.3, -0.25) is 14.6 Å². The zero-order valence-electron chi connectivity index (χ0n) is 7.51. The van der Waals surface area contributed by atoms with Gasteiger partial charge in [-0.25, -0.2) is 0 Å². The summed E-state index contributed by atoms with van der Waals surface area (Å²) in [6.45, 7) is 3.09. The molecule has 0 aliphatic heterocycles. The molecule has 14 heavy (non-hydrogen) atoms. The average molecular weight is 193 g/mol. The minimum Gasteiger partial charge on any atom is -0.366 e. The maximum absolute atomic E-state index is 10.4. The van der Waals surface area contributed by atoms with Crippen LogP contribution in [-0.4, -0.2) is 16.8 Å². The molecule has 0 bridgehead atoms. The third-order valence-corrected chi connectivity index (χ3v) is 1.15. The van der Waals surface area contributed by atoms with Gasteiger partial charge in [-0.2, -0.15) is 0 Å². The number of carbonyl (C=O) groups excluding carboxylic acids is 2. The van der Waals surface area contributed by atoms with Crippen molar-refractivity contribution in [2.24, 2.45) is 11.5 Å². The molecule has 1 aromatic heterocycles. The number of aromatic nitrogens is 1. The quantitative estimate of drug-likeness (QED) is 0.638. The summed E-state index contributed by atoms with van der Waals surface area (Å²) in [5, 5.41) is 0. The number of amides is 2. The lowest BCUT2D eigenvalue weighted by Gasteiger charge is -1.88. The Labute approximate surface area is 81.4 Å². The molecule has 0 spiro atoms. The number of hydrogen-bond donors (Lipinski definition) is 2. The molecule has 1 heterocycles. The van der Waals surface area contributed by atoms with Crippen LogP contribution in [0.25, 0.3) is 0 Å². The fourth-order valence-corrected chi connectivity index (χ4v) is 0.509. The van der Waals surface area contributed by atoms with Gasteiger partial charge in [0.1, 0.15) is 0 Å². The highest BCUT2D eigenvalue weighted by Crippen LogP contribution is 1.91. The number of nitrogens with zero attached hydrogens (tertiary/aromatic N) is 1. The average Bonchev–Trinajstić information content (AvgIpc) is 2.20. The molecule has 74 valence electrons. The summed E-state index contributed by atoms with van der Waals surface area (Å²) in [5.41, 5.74) is 9.91. The van der Waals surface area contributed by atoms with E-state index in [4.69, 9.17) is 5.73 Å². The van der Waals surface area contributed by atoms with Crippen LogP contribution in [0.2, 0.25) is 0 Å². The molecule has 0 radical (unpaired) electrons. The lowest BCUT2D eigenvalue weighted by atomic mass is 10.3. The van der Waals surface area contributed by atoms with Gasteiger partial charge in [-0.1, -0.05) is 6.58 Å². The largest absolute Gasteiger partial charge is 0.366 e. The molecular weight excluding hydrogens is 182 g/mol. The fourth-order valence-electron chi connectivity index (χ4n) is 0.509. The molecule has 0 unspecified atom stereocenters. The summed E-state index contributed by atoms with van der Waals surface area (Å²) in [5.74, 6) is -0.923. The minimum absolute atomic E-state index is 0.442. The molecule has 0 saturated heterocycles. The third-order valence-electron chi connectivity index (χ3n) is 1.15. The second-order valence-corrected chi connectivity index (χ2v) is 2.21. The van der Waals surface area contributed by atoms with Gasteiger partial charge in [0.2, 0.25) is 11.8 Å². The van der Waals surface area contributed by atoms with Gasteiger partial charge in [0.25, 0.3) is 0 Å². The van der Waals surface area contributed by atoms with Crippen molar-refractivity contribution in [3.8, 4) is 0 Å². The molecule has 2 amide bonds. The summed E-state index contributed by atoms with van der Waals surface area (Å²) in [6, 6.07) is 3.29. The number of nitrogens with two attached hydrogens (primary N) is 2. The Bertz CT molecular complexity index is 322. The first-order valence-corrected chi connectivity index (χ1v) is 3.69. The molecule has 5 heteroatoms. The van der Waals surface area contributed by atoms with Crippen molar-refractivity contribution < 1.29 is 9.59 Å². The molecule has 0 atom stereocenters. The first-order chi connectivity index (χ1) is 6.57. The van der Waals surface area contributed by atoms with Crippen LogP contribution in [-0.2, 0) is 4.79 Å². The van der Waals surface area contributed by atoms with Crippen LogP contribution in [0.1, 0.15) is 10.4 Å². The van der Waals surface area contributed by atoms with E-state index in [1.807, 2.05) is 0 Å². The normalized spacial score (nSPS) is 8.00. The van der Waals surface area contributed by atoms with E-state index in [1.54, 1.807) is 18.3 Å². The van der Waals surface area contributed by atoms with Crippen molar-refractivity contribution >= 4 is 11.8 Å². The minimum atomic E-state index is -0.481. The van der Waals surface area contributed by atoms with Crippen LogP contribution >= 0.6 is 0 Å². The third kappa shape index (κ3) is 5.48. The first-order valence-electron chi connectivity index (χ1n) is 3.69. The monoisotopic (exact) mass is 193 g/mol. The molecule has 1 aromatic rings. The predicted octanol–water partition coefficient (Wildman–Crippen LogP) is -0.162. The van der Waals surface area contributed by atoms with Crippen molar-refractivity contribution in [2.75, 3.05) is 0 Å². The van der Waals surface area contributed by atoms with Crippen LogP contribution in [0.4, 0.5) is 0 Å². The maximum Gasteiger partial charge on any atom is 0.250 e. The summed E-state index contributed by atoms with van der Waals surface area (Å²) < 4.78 is 0. The summed E-state index contributed by atoms with van der Waals surface area (Å²) in [4.78, 5) is 23.6. The molecule has 1 rings (SSSR count). The first kappa shape index (κ1) is 11.8. The zero-order valence-corrected chi connectivity index (χ0v) is 7.51. The second kappa shape index (κ2) is 6.36. The molecule has 0 fully saturated rings. The zero-order chi connectivity index (χ0) is 11.0. The van der Waals surface area contributed by atoms with Gasteiger partial charge in [0.05, 0.1) is 5.56 Å². The van der Waals surface area contributed by atoms with E-state index in [9.17, 15) is 9.59 Å². The Morgan fingerprint density at radius 2 is 2.00 bits per heavy atom. The van der Waals surface area contributed by atoms with Crippen molar-refractivity contribution in [3.05, 3.63) is 42.7 Å². The Hall–Kier alpha value is -2.17. The van der Waals surface area contributed by atoms with Crippen molar-refractivity contribution in [1.82, 2.24) is 4.98 Å². The van der Waals surface area contributed by atoms with Crippen molar-refractivity contribution in [1.29, 1.82) is 0 Å². The van der Waals surface area contributed by atoms with E-state index in [1.165, 1.54) is 6.20 Å². The highest BCUT2D eigenvalue weighted by Gasteiger charge is 1.94. The van der Waals surface area contributed by atoms with Crippen LogP contribution in [0, 0.1) is 0 Å². The highest BCUT2D eigenvalue weighted by molar-refractivity contribution is 5.92. The Morgan fingerprint density at radius 3 is 2.21 bits per heavy atom. The number of hydrogen-bond acceptors (Lipinski definition) is 3. The van der Waals surface area contributed by atoms with Gasteiger partial charge in [0, 0.05) is 12.4 Å². The summed E-state index contributed by atoms with van der Waals surface area (Å²) >= 11 is 0. The molecule has 0 saturated carbocycles. The summed E-state index contributed by atoms with van der Waals surface area (Å²) in [6.07, 6.45) is 4.08. The van der Waals surface area contributed by atoms with E-state index in [2.05, 4.69) is 17.3 Å². The Balaban J connectivity index is 0.000000292. The van der Waals surface area contributed by atoms with E-state index in [-0.39, 0.29) is 0 Å². The van der Waals surface area contributed by atoms with Crippen molar-refractivity contribution in [2.45, 2.75) is 0 Å². The van der Waals surface area contributed by atoms with Crippen LogP contribution in [0.5, 0.6) is 0 Å². The maximum atomic E-state index is 10.4. The molecule has 5 nitrogen and oxygen atoms in total. The van der Waals surface area contributed by atoms with Gasteiger partial charge < -0.3 is 11.5 Å². The van der Waals surface area contributed by atoms with Crippen molar-refractivity contribution in [3.63, 3.8) is 0 Å². The number of primary amides is 2. The Kier molecular flexibility index (Phi) is 5.37. The van der Waals surface area contributed by atoms with Crippen LogP contribution in [0.15, 0.2) is 37.2 Å². The number of carbonyl (C=O) groups is 2. The Morgan fingerprint density at radius 1 is 1.43 bits per heavy atom. The molecular formula is C9H11N3O2. The van der Waals surface area contributed by atoms with Gasteiger partial charge in [-0.05, 0) is 18.2 Å². The smallest absolute Gasteiger partial charge is 0.250 e. The summed E-state index contributed by atoms with van der Waals surface area (Å²) in [7, 11) is 0. The fraction of sp³-hybridized carbons (Fsp3) is 0. The van der Waals surface area contributed by atoms with Crippen LogP contribution < -0.4 is 11.5 Å². The lowest BCUT2D eigenvalue weighted by Crippen LogP contribution is -2.10. The molecule has 0 aliphatic carbocycles. The topological polar surface area (TPSA) is 99.1 Å². The van der Waals surface area contributed by atoms with E-state index in [0.29, 0.717) is 5.56 Å². The second-order valence-electron chi connectivity index (χ2n) is 2.21. The van der Waals surface area contributed by atoms with E-state index >= 15 is 0 Å². The molecule has 4 N–H and O–H groups in total.